The van der Waals surface area contributed by atoms with Gasteiger partial charge in [0, 0.05) is 28.3 Å². The second-order valence-electron chi connectivity index (χ2n) is 7.50. The number of halogens is 1. The van der Waals surface area contributed by atoms with Crippen molar-refractivity contribution < 1.29 is 19.7 Å². The number of carbonyl (C=O) groups excluding carboxylic acids is 1. The van der Waals surface area contributed by atoms with E-state index in [0.29, 0.717) is 22.9 Å². The lowest BCUT2D eigenvalue weighted by atomic mass is 9.68. The first-order chi connectivity index (χ1) is 12.8. The van der Waals surface area contributed by atoms with Gasteiger partial charge in [-0.05, 0) is 47.4 Å². The summed E-state index contributed by atoms with van der Waals surface area (Å²) >= 11 is 6.04. The molecule has 5 nitrogen and oxygen atoms in total. The maximum atomic E-state index is 13.2. The number of ketones is 1. The average Bonchev–Trinajstić information content (AvgIpc) is 3.04. The number of aliphatic hydroxyl groups is 2. The van der Waals surface area contributed by atoms with E-state index in [0.717, 1.165) is 27.8 Å². The highest BCUT2D eigenvalue weighted by atomic mass is 35.5. The van der Waals surface area contributed by atoms with Crippen molar-refractivity contribution >= 4 is 23.0 Å². The van der Waals surface area contributed by atoms with Crippen LogP contribution in [0.25, 0.3) is 5.57 Å². The molecule has 2 N–H and O–H groups in total. The number of rotatable bonds is 4. The van der Waals surface area contributed by atoms with Crippen molar-refractivity contribution in [2.24, 2.45) is 0 Å². The Morgan fingerprint density at radius 3 is 2.81 bits per heavy atom. The van der Waals surface area contributed by atoms with Crippen LogP contribution in [0.1, 0.15) is 40.9 Å². The lowest BCUT2D eigenvalue weighted by molar-refractivity contribution is 0.0535. The van der Waals surface area contributed by atoms with E-state index in [4.69, 9.17) is 21.4 Å². The molecule has 2 aliphatic carbocycles. The van der Waals surface area contributed by atoms with Gasteiger partial charge in [-0.2, -0.15) is 0 Å². The number of benzene rings is 1. The molecule has 27 heavy (non-hydrogen) atoms. The van der Waals surface area contributed by atoms with Crippen LogP contribution in [-0.2, 0) is 11.8 Å². The molecule has 1 heterocycles. The van der Waals surface area contributed by atoms with Gasteiger partial charge in [0.15, 0.2) is 5.78 Å². The predicted octanol–water partition coefficient (Wildman–Crippen LogP) is 2.95. The van der Waals surface area contributed by atoms with Gasteiger partial charge in [-0.15, -0.1) is 0 Å². The Kier molecular flexibility index (Phi) is 4.34. The van der Waals surface area contributed by atoms with Crippen LogP contribution in [0.5, 0.6) is 5.75 Å². The number of ether oxygens (including phenoxy) is 1. The fraction of sp³-hybridized carbons (Fsp3) is 0.333. The first-order valence-corrected chi connectivity index (χ1v) is 9.20. The third-order valence-corrected chi connectivity index (χ3v) is 5.64. The van der Waals surface area contributed by atoms with Gasteiger partial charge in [0.1, 0.15) is 23.6 Å². The van der Waals surface area contributed by atoms with Crippen molar-refractivity contribution in [2.45, 2.75) is 31.8 Å². The molecule has 0 saturated heterocycles. The van der Waals surface area contributed by atoms with Crippen molar-refractivity contribution in [1.82, 2.24) is 4.98 Å². The summed E-state index contributed by atoms with van der Waals surface area (Å²) in [5, 5.41) is 18.9. The molecule has 0 unspecified atom stereocenters. The van der Waals surface area contributed by atoms with Gasteiger partial charge in [0.25, 0.3) is 0 Å². The number of Topliss-reactive ketones (excluding diaryl/α,β-unsaturated/α-hetero) is 1. The van der Waals surface area contributed by atoms with Gasteiger partial charge in [0.2, 0.25) is 0 Å². The van der Waals surface area contributed by atoms with E-state index in [1.165, 1.54) is 0 Å². The lowest BCUT2D eigenvalue weighted by Crippen LogP contribution is -2.30. The van der Waals surface area contributed by atoms with Crippen LogP contribution in [0.15, 0.2) is 36.0 Å². The monoisotopic (exact) mass is 385 g/mol. The predicted molar refractivity (Wildman–Crippen MR) is 102 cm³/mol. The quantitative estimate of drug-likeness (QED) is 0.791. The van der Waals surface area contributed by atoms with Gasteiger partial charge < -0.3 is 14.9 Å². The molecule has 0 saturated carbocycles. The molecule has 0 radical (unpaired) electrons. The molecule has 0 spiro atoms. The average molecular weight is 386 g/mol. The van der Waals surface area contributed by atoms with Crippen LogP contribution in [-0.4, -0.2) is 40.3 Å². The van der Waals surface area contributed by atoms with Crippen molar-refractivity contribution in [1.29, 1.82) is 0 Å². The van der Waals surface area contributed by atoms with Crippen LogP contribution in [0.4, 0.5) is 0 Å². The highest BCUT2D eigenvalue weighted by Gasteiger charge is 2.43. The first-order valence-electron chi connectivity index (χ1n) is 8.82. The zero-order chi connectivity index (χ0) is 19.3. The van der Waals surface area contributed by atoms with E-state index in [9.17, 15) is 9.90 Å². The number of hydrogen-bond donors (Lipinski definition) is 2. The van der Waals surface area contributed by atoms with Crippen LogP contribution in [0.3, 0.4) is 0 Å². The third-order valence-electron chi connectivity index (χ3n) is 5.44. The van der Waals surface area contributed by atoms with E-state index >= 15 is 0 Å². The summed E-state index contributed by atoms with van der Waals surface area (Å²) in [6.45, 7) is 3.83. The summed E-state index contributed by atoms with van der Waals surface area (Å²) in [5.41, 5.74) is 4.87. The Labute approximate surface area is 162 Å². The zero-order valence-corrected chi connectivity index (χ0v) is 15.9. The fourth-order valence-corrected chi connectivity index (χ4v) is 4.12. The molecular formula is C21H20ClNO4. The van der Waals surface area contributed by atoms with Crippen molar-refractivity contribution in [3.05, 3.63) is 63.4 Å². The van der Waals surface area contributed by atoms with Crippen LogP contribution >= 0.6 is 11.6 Å². The third kappa shape index (κ3) is 2.87. The van der Waals surface area contributed by atoms with Crippen LogP contribution in [0.2, 0.25) is 5.15 Å². The smallest absolute Gasteiger partial charge is 0.194 e. The Bertz CT molecular complexity index is 980. The van der Waals surface area contributed by atoms with Crippen molar-refractivity contribution in [3.63, 3.8) is 0 Å². The summed E-state index contributed by atoms with van der Waals surface area (Å²) in [7, 11) is 0. The van der Waals surface area contributed by atoms with Gasteiger partial charge in [-0.3, -0.25) is 4.79 Å². The van der Waals surface area contributed by atoms with Gasteiger partial charge in [0.05, 0.1) is 6.61 Å². The summed E-state index contributed by atoms with van der Waals surface area (Å²) in [5.74, 6) is 0.551. The highest BCUT2D eigenvalue weighted by molar-refractivity contribution is 6.33. The van der Waals surface area contributed by atoms with Crippen LogP contribution in [0, 0.1) is 0 Å². The molecule has 1 aromatic carbocycles. The molecule has 140 valence electrons. The number of carbonyl (C=O) groups is 1. The molecule has 2 aliphatic rings. The van der Waals surface area contributed by atoms with Gasteiger partial charge >= 0.3 is 0 Å². The Morgan fingerprint density at radius 1 is 1.30 bits per heavy atom. The Morgan fingerprint density at radius 2 is 2.07 bits per heavy atom. The summed E-state index contributed by atoms with van der Waals surface area (Å²) in [6.07, 6.45) is 1.41. The molecule has 1 atom stereocenters. The summed E-state index contributed by atoms with van der Waals surface area (Å²) in [4.78, 5) is 17.4. The Balaban J connectivity index is 1.76. The summed E-state index contributed by atoms with van der Waals surface area (Å²) in [6, 6.07) is 7.17. The molecule has 4 rings (SSSR count). The molecule has 0 amide bonds. The molecular weight excluding hydrogens is 366 g/mol. The second kappa shape index (κ2) is 6.44. The minimum absolute atomic E-state index is 0.00673. The van der Waals surface area contributed by atoms with Gasteiger partial charge in [-0.1, -0.05) is 25.4 Å². The molecule has 0 fully saturated rings. The van der Waals surface area contributed by atoms with Gasteiger partial charge in [-0.25, -0.2) is 4.98 Å². The minimum atomic E-state index is -0.938. The zero-order valence-electron chi connectivity index (χ0n) is 15.1. The topological polar surface area (TPSA) is 79.7 Å². The lowest BCUT2D eigenvalue weighted by Gasteiger charge is -2.34. The number of fused-ring (bicyclic) bond motifs is 3. The van der Waals surface area contributed by atoms with Crippen LogP contribution < -0.4 is 4.74 Å². The van der Waals surface area contributed by atoms with Crippen molar-refractivity contribution in [3.8, 4) is 5.75 Å². The van der Waals surface area contributed by atoms with E-state index in [1.54, 1.807) is 18.3 Å². The number of aliphatic hydroxyl groups excluding tert-OH is 2. The maximum Gasteiger partial charge on any atom is 0.194 e. The standard InChI is InChI=1S/C21H20ClNO4/c1-21(2)16-7-13(27-10-12(25)9-24)3-4-14(16)20(26)19-15-8-23-18(22)6-11(15)5-17(19)21/h3-4,6-8,12,24-25H,5,9-10H2,1-2H3/t12-/m1/s1. The number of hydrogen-bond acceptors (Lipinski definition) is 5. The van der Waals surface area contributed by atoms with E-state index in [1.807, 2.05) is 12.1 Å². The summed E-state index contributed by atoms with van der Waals surface area (Å²) < 4.78 is 5.58. The molecule has 0 bridgehead atoms. The highest BCUT2D eigenvalue weighted by Crippen LogP contribution is 2.50. The molecule has 0 aliphatic heterocycles. The van der Waals surface area contributed by atoms with Crippen molar-refractivity contribution in [2.75, 3.05) is 13.2 Å². The minimum Gasteiger partial charge on any atom is -0.491 e. The first kappa shape index (κ1) is 18.2. The second-order valence-corrected chi connectivity index (χ2v) is 7.89. The number of pyridine rings is 1. The molecule has 1 aromatic heterocycles. The molecule has 2 aromatic rings. The largest absolute Gasteiger partial charge is 0.491 e. The Hall–Kier alpha value is -2.21. The SMILES string of the molecule is CC1(C)C2=C(C(=O)c3ccc(OC[C@H](O)CO)cc31)c1cnc(Cl)cc1C2. The van der Waals surface area contributed by atoms with E-state index < -0.39 is 6.10 Å². The number of aromatic nitrogens is 1. The van der Waals surface area contributed by atoms with E-state index in [2.05, 4.69) is 18.8 Å². The maximum absolute atomic E-state index is 13.2. The fourth-order valence-electron chi connectivity index (χ4n) is 3.94. The molecule has 6 heteroatoms. The number of nitrogens with zero attached hydrogens (tertiary/aromatic N) is 1. The van der Waals surface area contributed by atoms with E-state index in [-0.39, 0.29) is 24.4 Å². The number of allylic oxidation sites excluding steroid dienone is 2. The normalized spacial score (nSPS) is 18.0.